The second-order valence-corrected chi connectivity index (χ2v) is 5.91. The number of hydrogen-bond acceptors (Lipinski definition) is 4. The highest BCUT2D eigenvalue weighted by molar-refractivity contribution is 6.30. The van der Waals surface area contributed by atoms with Crippen LogP contribution in [-0.2, 0) is 6.54 Å². The zero-order valence-electron chi connectivity index (χ0n) is 12.4. The summed E-state index contributed by atoms with van der Waals surface area (Å²) < 4.78 is 1.77. The van der Waals surface area contributed by atoms with Gasteiger partial charge in [-0.15, -0.1) is 12.4 Å². The van der Waals surface area contributed by atoms with E-state index >= 15 is 0 Å². The molecule has 1 aliphatic heterocycles. The number of nitrogens with zero attached hydrogens (tertiary/aromatic N) is 4. The van der Waals surface area contributed by atoms with Crippen LogP contribution in [0.3, 0.4) is 0 Å². The van der Waals surface area contributed by atoms with E-state index in [4.69, 9.17) is 17.3 Å². The third-order valence-electron chi connectivity index (χ3n) is 4.11. The smallest absolute Gasteiger partial charge is 0.138 e. The summed E-state index contributed by atoms with van der Waals surface area (Å²) >= 11 is 6.14. The van der Waals surface area contributed by atoms with E-state index in [0.29, 0.717) is 17.6 Å². The molecule has 1 aliphatic rings. The van der Waals surface area contributed by atoms with Gasteiger partial charge in [0.2, 0.25) is 0 Å². The maximum atomic E-state index is 6.14. The molecule has 1 fully saturated rings. The fraction of sp³-hybridized carbons (Fsp3) is 0.467. The molecule has 1 unspecified atom stereocenters. The van der Waals surface area contributed by atoms with Gasteiger partial charge >= 0.3 is 0 Å². The zero-order valence-corrected chi connectivity index (χ0v) is 13.9. The van der Waals surface area contributed by atoms with Gasteiger partial charge in [-0.05, 0) is 37.1 Å². The van der Waals surface area contributed by atoms with Crippen LogP contribution in [0.1, 0.15) is 24.8 Å². The number of likely N-dealkylation sites (tertiary alicyclic amines) is 1. The number of piperidine rings is 1. The molecule has 22 heavy (non-hydrogen) atoms. The minimum absolute atomic E-state index is 0. The Balaban J connectivity index is 0.00000176. The quantitative estimate of drug-likeness (QED) is 0.928. The largest absolute Gasteiger partial charge is 0.329 e. The summed E-state index contributed by atoms with van der Waals surface area (Å²) in [6, 6.07) is 6.41. The Bertz CT molecular complexity index is 588. The van der Waals surface area contributed by atoms with Gasteiger partial charge < -0.3 is 5.73 Å². The standard InChI is InChI=1S/C15H20ClN5.ClH/c16-13-5-4-12(15(7-13)21-11-18-10-19-21)9-20-6-2-1-3-14(20)8-17;/h4-5,7,10-11,14H,1-3,6,8-9,17H2;1H. The molecule has 0 radical (unpaired) electrons. The van der Waals surface area contributed by atoms with Crippen LogP contribution in [-0.4, -0.2) is 38.8 Å². The van der Waals surface area contributed by atoms with Crippen LogP contribution in [0.15, 0.2) is 30.9 Å². The Labute approximate surface area is 141 Å². The van der Waals surface area contributed by atoms with Crippen molar-refractivity contribution < 1.29 is 0 Å². The molecule has 0 aliphatic carbocycles. The SMILES string of the molecule is Cl.NCC1CCCCN1Cc1ccc(Cl)cc1-n1cncn1. The number of benzene rings is 1. The summed E-state index contributed by atoms with van der Waals surface area (Å²) in [6.45, 7) is 2.68. The van der Waals surface area contributed by atoms with Crippen molar-refractivity contribution in [2.24, 2.45) is 5.73 Å². The van der Waals surface area contributed by atoms with E-state index in [2.05, 4.69) is 21.0 Å². The molecule has 3 rings (SSSR count). The lowest BCUT2D eigenvalue weighted by atomic mass is 10.0. The highest BCUT2D eigenvalue weighted by Crippen LogP contribution is 2.24. The highest BCUT2D eigenvalue weighted by atomic mass is 35.5. The second-order valence-electron chi connectivity index (χ2n) is 5.47. The average molecular weight is 342 g/mol. The van der Waals surface area contributed by atoms with Gasteiger partial charge in [-0.25, -0.2) is 9.67 Å². The summed E-state index contributed by atoms with van der Waals surface area (Å²) in [5.41, 5.74) is 8.10. The first-order chi connectivity index (χ1) is 10.3. The monoisotopic (exact) mass is 341 g/mol. The van der Waals surface area contributed by atoms with Crippen LogP contribution in [0.2, 0.25) is 5.02 Å². The molecule has 0 bridgehead atoms. The predicted octanol–water partition coefficient (Wildman–Crippen LogP) is 2.66. The van der Waals surface area contributed by atoms with Crippen molar-refractivity contribution in [3.63, 3.8) is 0 Å². The van der Waals surface area contributed by atoms with E-state index in [1.165, 1.54) is 31.2 Å². The molecule has 0 saturated carbocycles. The van der Waals surface area contributed by atoms with Crippen LogP contribution in [0.25, 0.3) is 5.69 Å². The molecular weight excluding hydrogens is 321 g/mol. The summed E-state index contributed by atoms with van der Waals surface area (Å²) in [6.07, 6.45) is 6.93. The van der Waals surface area contributed by atoms with Gasteiger partial charge in [-0.1, -0.05) is 24.1 Å². The Morgan fingerprint density at radius 3 is 2.91 bits per heavy atom. The van der Waals surface area contributed by atoms with Crippen LogP contribution >= 0.6 is 24.0 Å². The van der Waals surface area contributed by atoms with Gasteiger partial charge in [0.1, 0.15) is 12.7 Å². The number of aromatic nitrogens is 3. The predicted molar refractivity (Wildman–Crippen MR) is 90.7 cm³/mol. The molecular formula is C15H21Cl2N5. The van der Waals surface area contributed by atoms with Crippen molar-refractivity contribution in [3.05, 3.63) is 41.4 Å². The molecule has 0 amide bonds. The number of nitrogens with two attached hydrogens (primary N) is 1. The van der Waals surface area contributed by atoms with Gasteiger partial charge in [0.15, 0.2) is 0 Å². The molecule has 2 heterocycles. The molecule has 1 saturated heterocycles. The number of halogens is 2. The van der Waals surface area contributed by atoms with Crippen molar-refractivity contribution in [3.8, 4) is 5.69 Å². The van der Waals surface area contributed by atoms with Crippen LogP contribution in [0.4, 0.5) is 0 Å². The van der Waals surface area contributed by atoms with Gasteiger partial charge in [0, 0.05) is 24.2 Å². The lowest BCUT2D eigenvalue weighted by Gasteiger charge is -2.35. The topological polar surface area (TPSA) is 60.0 Å². The normalized spacial score (nSPS) is 18.9. The Hall–Kier alpha value is -1.14. The van der Waals surface area contributed by atoms with E-state index in [1.807, 2.05) is 12.1 Å². The molecule has 2 aromatic rings. The lowest BCUT2D eigenvalue weighted by Crippen LogP contribution is -2.43. The lowest BCUT2D eigenvalue weighted by molar-refractivity contribution is 0.145. The zero-order chi connectivity index (χ0) is 14.7. The van der Waals surface area contributed by atoms with Crippen LogP contribution in [0.5, 0.6) is 0 Å². The van der Waals surface area contributed by atoms with Gasteiger partial charge in [-0.3, -0.25) is 4.90 Å². The fourth-order valence-corrected chi connectivity index (χ4v) is 3.14. The van der Waals surface area contributed by atoms with Gasteiger partial charge in [0.25, 0.3) is 0 Å². The van der Waals surface area contributed by atoms with Crippen molar-refractivity contribution in [2.45, 2.75) is 31.8 Å². The van der Waals surface area contributed by atoms with E-state index < -0.39 is 0 Å². The summed E-state index contributed by atoms with van der Waals surface area (Å²) in [4.78, 5) is 6.49. The second kappa shape index (κ2) is 7.92. The molecule has 1 atom stereocenters. The number of rotatable bonds is 4. The highest BCUT2D eigenvalue weighted by Gasteiger charge is 2.22. The molecule has 1 aromatic carbocycles. The molecule has 0 spiro atoms. The van der Waals surface area contributed by atoms with Crippen molar-refractivity contribution in [2.75, 3.05) is 13.1 Å². The molecule has 7 heteroatoms. The summed E-state index contributed by atoms with van der Waals surface area (Å²) in [7, 11) is 0. The van der Waals surface area contributed by atoms with Crippen LogP contribution in [0, 0.1) is 0 Å². The first kappa shape index (κ1) is 17.2. The van der Waals surface area contributed by atoms with Crippen LogP contribution < -0.4 is 5.73 Å². The Morgan fingerprint density at radius 2 is 2.18 bits per heavy atom. The Morgan fingerprint density at radius 1 is 1.32 bits per heavy atom. The average Bonchev–Trinajstić information content (AvgIpc) is 3.04. The van der Waals surface area contributed by atoms with Crippen molar-refractivity contribution >= 4 is 24.0 Å². The fourth-order valence-electron chi connectivity index (χ4n) is 2.97. The molecule has 120 valence electrons. The van der Waals surface area contributed by atoms with Crippen molar-refractivity contribution in [1.29, 1.82) is 0 Å². The van der Waals surface area contributed by atoms with E-state index in [9.17, 15) is 0 Å². The van der Waals surface area contributed by atoms with E-state index in [-0.39, 0.29) is 12.4 Å². The molecule has 2 N–H and O–H groups in total. The molecule has 1 aromatic heterocycles. The first-order valence-corrected chi connectivity index (χ1v) is 7.73. The summed E-state index contributed by atoms with van der Waals surface area (Å²) in [5, 5.41) is 4.93. The maximum Gasteiger partial charge on any atom is 0.138 e. The Kier molecular flexibility index (Phi) is 6.20. The third kappa shape index (κ3) is 3.79. The summed E-state index contributed by atoms with van der Waals surface area (Å²) in [5.74, 6) is 0. The van der Waals surface area contributed by atoms with E-state index in [0.717, 1.165) is 18.8 Å². The van der Waals surface area contributed by atoms with Gasteiger partial charge in [-0.2, -0.15) is 5.10 Å². The first-order valence-electron chi connectivity index (χ1n) is 7.35. The van der Waals surface area contributed by atoms with Crippen molar-refractivity contribution in [1.82, 2.24) is 19.7 Å². The third-order valence-corrected chi connectivity index (χ3v) is 4.34. The maximum absolute atomic E-state index is 6.14. The number of hydrogen-bond donors (Lipinski definition) is 1. The van der Waals surface area contributed by atoms with Gasteiger partial charge in [0.05, 0.1) is 5.69 Å². The minimum atomic E-state index is 0. The minimum Gasteiger partial charge on any atom is -0.329 e. The molecule has 5 nitrogen and oxygen atoms in total. The van der Waals surface area contributed by atoms with E-state index in [1.54, 1.807) is 11.0 Å².